The van der Waals surface area contributed by atoms with Gasteiger partial charge in [0.25, 0.3) is 0 Å². The van der Waals surface area contributed by atoms with Crippen LogP contribution < -0.4 is 9.47 Å². The maximum absolute atomic E-state index is 14.5. The Morgan fingerprint density at radius 3 is 2.48 bits per heavy atom. The zero-order valence-corrected chi connectivity index (χ0v) is 24.1. The summed E-state index contributed by atoms with van der Waals surface area (Å²) < 4.78 is 20.2. The molecular weight excluding hydrogens is 508 g/mol. The van der Waals surface area contributed by atoms with Crippen molar-refractivity contribution in [3.8, 4) is 17.2 Å². The van der Waals surface area contributed by atoms with E-state index in [1.165, 1.54) is 0 Å². The number of hydrogen-bond donors (Lipinski definition) is 1. The minimum absolute atomic E-state index is 0.0905. The summed E-state index contributed by atoms with van der Waals surface area (Å²) in [5.74, 6) is -0.814. The number of benzene rings is 1. The van der Waals surface area contributed by atoms with Gasteiger partial charge in [-0.05, 0) is 79.0 Å². The summed E-state index contributed by atoms with van der Waals surface area (Å²) in [4.78, 5) is 40.1. The number of aromatic hydroxyl groups is 1. The van der Waals surface area contributed by atoms with Gasteiger partial charge in [-0.25, -0.2) is 0 Å². The van der Waals surface area contributed by atoms with Crippen LogP contribution in [-0.4, -0.2) is 45.4 Å². The van der Waals surface area contributed by atoms with Gasteiger partial charge in [-0.2, -0.15) is 0 Å². The summed E-state index contributed by atoms with van der Waals surface area (Å²) in [6.45, 7) is 13.4. The summed E-state index contributed by atoms with van der Waals surface area (Å²) in [5, 5.41) is 11.5. The SMILES string of the molecule is CC(C)=CCc1c2c(c(O)c3c1O[C@]14C(=C[C@@H]5C[C@@H]1C(C)(C)O[C@@]4(CC=C(C)C=O)C5=O)C3=O)C=CC(C)(C)O2. The average molecular weight is 545 g/mol. The Hall–Kier alpha value is -3.45. The third-order valence-corrected chi connectivity index (χ3v) is 9.23. The molecule has 3 aliphatic heterocycles. The lowest BCUT2D eigenvalue weighted by atomic mass is 9.51. The van der Waals surface area contributed by atoms with Gasteiger partial charge < -0.3 is 19.3 Å². The Balaban J connectivity index is 1.67. The summed E-state index contributed by atoms with van der Waals surface area (Å²) >= 11 is 0. The molecule has 4 bridgehead atoms. The van der Waals surface area contributed by atoms with Crippen LogP contribution in [0.25, 0.3) is 6.08 Å². The standard InChI is InChI=1S/C33H36O7/c1-17(2)8-9-21-27-20(11-12-30(4,5)38-27)25(35)24-26(36)22-14-19-15-23-31(6,7)40-32(29(19)37,13-10-18(3)16-34)33(22,23)39-28(21)24/h8,10-12,14,16,19,23,35H,9,13,15H2,1-7H3/t19-,23-,32+,33-/m1/s1. The van der Waals surface area contributed by atoms with E-state index in [-0.39, 0.29) is 41.0 Å². The molecule has 1 N–H and O–H groups in total. The van der Waals surface area contributed by atoms with Gasteiger partial charge >= 0.3 is 0 Å². The predicted octanol–water partition coefficient (Wildman–Crippen LogP) is 5.63. The Bertz CT molecular complexity index is 1510. The fourth-order valence-electron chi connectivity index (χ4n) is 7.41. The first kappa shape index (κ1) is 26.8. The molecule has 4 atom stereocenters. The molecule has 7 heteroatoms. The zero-order valence-electron chi connectivity index (χ0n) is 24.1. The molecule has 2 fully saturated rings. The molecule has 1 saturated heterocycles. The van der Waals surface area contributed by atoms with Crippen molar-refractivity contribution in [3.05, 3.63) is 57.7 Å². The van der Waals surface area contributed by atoms with Gasteiger partial charge in [0.2, 0.25) is 0 Å². The number of phenolic OH excluding ortho intramolecular Hbond substituents is 1. The lowest BCUT2D eigenvalue weighted by Crippen LogP contribution is -2.72. The predicted molar refractivity (Wildman–Crippen MR) is 150 cm³/mol. The highest BCUT2D eigenvalue weighted by atomic mass is 16.6. The first-order valence-electron chi connectivity index (χ1n) is 13.9. The number of ether oxygens (including phenoxy) is 3. The van der Waals surface area contributed by atoms with Gasteiger partial charge in [0, 0.05) is 29.4 Å². The number of fused-ring (bicyclic) bond motifs is 2. The van der Waals surface area contributed by atoms with Crippen LogP contribution in [-0.2, 0) is 20.7 Å². The molecule has 1 aromatic carbocycles. The highest BCUT2D eigenvalue weighted by Crippen LogP contribution is 2.68. The van der Waals surface area contributed by atoms with Crippen molar-refractivity contribution in [2.75, 3.05) is 0 Å². The fourth-order valence-corrected chi connectivity index (χ4v) is 7.41. The number of phenols is 1. The topological polar surface area (TPSA) is 99.1 Å². The van der Waals surface area contributed by atoms with Crippen molar-refractivity contribution >= 4 is 23.9 Å². The lowest BCUT2D eigenvalue weighted by Gasteiger charge is -2.56. The van der Waals surface area contributed by atoms with Crippen LogP contribution in [0.2, 0.25) is 0 Å². The second-order valence-electron chi connectivity index (χ2n) is 13.1. The van der Waals surface area contributed by atoms with Crippen LogP contribution >= 0.6 is 0 Å². The number of aldehydes is 1. The molecule has 0 amide bonds. The van der Waals surface area contributed by atoms with Crippen LogP contribution in [0, 0.1) is 11.8 Å². The summed E-state index contributed by atoms with van der Waals surface area (Å²) in [6.07, 6.45) is 10.8. The third kappa shape index (κ3) is 3.30. The first-order chi connectivity index (χ1) is 18.7. The van der Waals surface area contributed by atoms with Crippen LogP contribution in [0.5, 0.6) is 17.2 Å². The molecule has 7 nitrogen and oxygen atoms in total. The monoisotopic (exact) mass is 544 g/mol. The second-order valence-corrected chi connectivity index (χ2v) is 13.1. The fraction of sp³-hybridized carbons (Fsp3) is 0.485. The largest absolute Gasteiger partial charge is 0.506 e. The van der Waals surface area contributed by atoms with Crippen LogP contribution in [0.3, 0.4) is 0 Å². The van der Waals surface area contributed by atoms with E-state index >= 15 is 0 Å². The molecule has 40 heavy (non-hydrogen) atoms. The lowest BCUT2D eigenvalue weighted by molar-refractivity contribution is -0.171. The minimum Gasteiger partial charge on any atom is -0.506 e. The molecule has 0 radical (unpaired) electrons. The van der Waals surface area contributed by atoms with E-state index in [1.807, 2.05) is 53.7 Å². The molecule has 1 spiro atoms. The van der Waals surface area contributed by atoms with Crippen LogP contribution in [0.1, 0.15) is 82.8 Å². The Morgan fingerprint density at radius 1 is 1.07 bits per heavy atom. The number of Topliss-reactive ketones (excluding diaryl/α,β-unsaturated/α-hetero) is 2. The Kier molecular flexibility index (Phi) is 5.54. The van der Waals surface area contributed by atoms with E-state index in [4.69, 9.17) is 14.2 Å². The quantitative estimate of drug-likeness (QED) is 0.292. The van der Waals surface area contributed by atoms with Crippen molar-refractivity contribution in [1.82, 2.24) is 0 Å². The first-order valence-corrected chi connectivity index (χ1v) is 13.9. The number of hydrogen-bond acceptors (Lipinski definition) is 7. The maximum Gasteiger partial charge on any atom is 0.200 e. The molecule has 3 heterocycles. The number of allylic oxidation sites excluding steroid dienone is 4. The van der Waals surface area contributed by atoms with Crippen molar-refractivity contribution in [3.63, 3.8) is 0 Å². The average Bonchev–Trinajstić information content (AvgIpc) is 3.03. The minimum atomic E-state index is -1.49. The van der Waals surface area contributed by atoms with Crippen molar-refractivity contribution in [2.45, 2.75) is 90.1 Å². The van der Waals surface area contributed by atoms with E-state index in [0.29, 0.717) is 40.9 Å². The van der Waals surface area contributed by atoms with E-state index < -0.39 is 28.3 Å². The van der Waals surface area contributed by atoms with E-state index in [9.17, 15) is 19.5 Å². The molecule has 1 aromatic rings. The molecule has 0 unspecified atom stereocenters. The molecule has 6 aliphatic rings. The second kappa shape index (κ2) is 8.29. The molecule has 210 valence electrons. The maximum atomic E-state index is 14.5. The van der Waals surface area contributed by atoms with Gasteiger partial charge in [0.05, 0.1) is 11.2 Å². The molecular formula is C33H36O7. The summed E-state index contributed by atoms with van der Waals surface area (Å²) in [5.41, 5.74) is -1.26. The van der Waals surface area contributed by atoms with Crippen molar-refractivity contribution in [2.24, 2.45) is 11.8 Å². The van der Waals surface area contributed by atoms with E-state index in [0.717, 1.165) is 11.9 Å². The van der Waals surface area contributed by atoms with Gasteiger partial charge in [-0.15, -0.1) is 0 Å². The zero-order chi connectivity index (χ0) is 29.0. The summed E-state index contributed by atoms with van der Waals surface area (Å²) in [7, 11) is 0. The molecule has 0 aromatic heterocycles. The van der Waals surface area contributed by atoms with Gasteiger partial charge in [-0.3, -0.25) is 14.4 Å². The van der Waals surface area contributed by atoms with Gasteiger partial charge in [0.15, 0.2) is 22.8 Å². The van der Waals surface area contributed by atoms with E-state index in [2.05, 4.69) is 0 Å². The summed E-state index contributed by atoms with van der Waals surface area (Å²) in [6, 6.07) is 0. The number of carbonyl (C=O) groups excluding carboxylic acids is 3. The number of ketones is 2. The van der Waals surface area contributed by atoms with Crippen molar-refractivity contribution in [1.29, 1.82) is 0 Å². The van der Waals surface area contributed by atoms with Crippen molar-refractivity contribution < 1.29 is 33.7 Å². The Labute approximate surface area is 234 Å². The van der Waals surface area contributed by atoms with E-state index in [1.54, 1.807) is 25.2 Å². The van der Waals surface area contributed by atoms with Gasteiger partial charge in [-0.1, -0.05) is 23.8 Å². The van der Waals surface area contributed by atoms with Crippen LogP contribution in [0.4, 0.5) is 0 Å². The Morgan fingerprint density at radius 2 is 1.80 bits per heavy atom. The molecule has 1 saturated carbocycles. The third-order valence-electron chi connectivity index (χ3n) is 9.23. The number of rotatable bonds is 5. The number of carbonyl (C=O) groups is 3. The molecule has 3 aliphatic carbocycles. The normalized spacial score (nSPS) is 31.9. The smallest absolute Gasteiger partial charge is 0.200 e. The van der Waals surface area contributed by atoms with Gasteiger partial charge in [0.1, 0.15) is 34.7 Å². The molecule has 7 rings (SSSR count). The van der Waals surface area contributed by atoms with Crippen LogP contribution in [0.15, 0.2) is 41.0 Å². The highest BCUT2D eigenvalue weighted by Gasteiger charge is 2.81. The highest BCUT2D eigenvalue weighted by molar-refractivity contribution is 6.19.